The molecule has 0 radical (unpaired) electrons. The van der Waals surface area contributed by atoms with Gasteiger partial charge in [-0.05, 0) is 55.7 Å². The molecule has 0 aromatic carbocycles. The minimum Gasteiger partial charge on any atom is -0.349 e. The summed E-state index contributed by atoms with van der Waals surface area (Å²) >= 11 is 1.81. The Morgan fingerprint density at radius 3 is 3.24 bits per heavy atom. The molecule has 0 spiro atoms. The van der Waals surface area contributed by atoms with E-state index in [2.05, 4.69) is 16.8 Å². The predicted molar refractivity (Wildman–Crippen MR) is 71.0 cm³/mol. The van der Waals surface area contributed by atoms with Crippen molar-refractivity contribution in [3.8, 4) is 0 Å². The normalized spacial score (nSPS) is 18.8. The van der Waals surface area contributed by atoms with Crippen LogP contribution in [-0.4, -0.2) is 12.5 Å². The molecule has 1 aromatic rings. The zero-order chi connectivity index (χ0) is 12.1. The molecule has 0 fully saturated rings. The van der Waals surface area contributed by atoms with Crippen molar-refractivity contribution >= 4 is 17.2 Å². The van der Waals surface area contributed by atoms with Gasteiger partial charge in [0.15, 0.2) is 0 Å². The van der Waals surface area contributed by atoms with Crippen molar-refractivity contribution in [2.75, 3.05) is 6.54 Å². The highest BCUT2D eigenvalue weighted by molar-refractivity contribution is 7.10. The maximum atomic E-state index is 11.8. The number of aryl methyl sites for hydroxylation is 1. The molecule has 17 heavy (non-hydrogen) atoms. The number of fused-ring (bicyclic) bond motifs is 1. The van der Waals surface area contributed by atoms with Crippen LogP contribution in [0.3, 0.4) is 0 Å². The molecule has 0 saturated carbocycles. The Kier molecular flexibility index (Phi) is 4.57. The lowest BCUT2D eigenvalue weighted by Crippen LogP contribution is -2.30. The van der Waals surface area contributed by atoms with Crippen molar-refractivity contribution in [2.24, 2.45) is 5.73 Å². The number of unbranched alkanes of at least 4 members (excludes halogenated alkanes) is 1. The number of carbonyl (C=O) groups is 1. The summed E-state index contributed by atoms with van der Waals surface area (Å²) in [5, 5.41) is 5.28. The van der Waals surface area contributed by atoms with Crippen LogP contribution in [0, 0.1) is 0 Å². The van der Waals surface area contributed by atoms with E-state index in [0.717, 1.165) is 19.3 Å². The van der Waals surface area contributed by atoms with E-state index in [1.54, 1.807) is 0 Å². The summed E-state index contributed by atoms with van der Waals surface area (Å²) in [6, 6.07) is 2.40. The molecule has 3 nitrogen and oxygen atoms in total. The average Bonchev–Trinajstić information content (AvgIpc) is 2.78. The van der Waals surface area contributed by atoms with E-state index in [1.165, 1.54) is 23.3 Å². The molecule has 1 unspecified atom stereocenters. The molecule has 1 amide bonds. The van der Waals surface area contributed by atoms with E-state index in [-0.39, 0.29) is 11.9 Å². The standard InChI is InChI=1S/C13H20N2OS/c14-8-2-1-6-13(16)15-11-4-3-5-12-10(11)7-9-17-12/h7,9,11H,1-6,8,14H2,(H,15,16). The van der Waals surface area contributed by atoms with Gasteiger partial charge in [0, 0.05) is 11.3 Å². The molecular formula is C13H20N2OS. The van der Waals surface area contributed by atoms with Crippen LogP contribution in [0.25, 0.3) is 0 Å². The molecule has 4 heteroatoms. The monoisotopic (exact) mass is 252 g/mol. The van der Waals surface area contributed by atoms with Crippen molar-refractivity contribution in [3.05, 3.63) is 21.9 Å². The highest BCUT2D eigenvalue weighted by Gasteiger charge is 2.22. The van der Waals surface area contributed by atoms with Crippen LogP contribution < -0.4 is 11.1 Å². The Hall–Kier alpha value is -0.870. The second-order valence-corrected chi connectivity index (χ2v) is 5.56. The quantitative estimate of drug-likeness (QED) is 0.790. The number of rotatable bonds is 5. The fraction of sp³-hybridized carbons (Fsp3) is 0.615. The summed E-state index contributed by atoms with van der Waals surface area (Å²) in [7, 11) is 0. The fourth-order valence-electron chi connectivity index (χ4n) is 2.33. The van der Waals surface area contributed by atoms with Crippen LogP contribution in [0.2, 0.25) is 0 Å². The summed E-state index contributed by atoms with van der Waals surface area (Å²) in [6.45, 7) is 0.672. The molecule has 0 aliphatic heterocycles. The van der Waals surface area contributed by atoms with Crippen molar-refractivity contribution in [1.82, 2.24) is 5.32 Å². The lowest BCUT2D eigenvalue weighted by molar-refractivity contribution is -0.122. The van der Waals surface area contributed by atoms with E-state index in [0.29, 0.717) is 13.0 Å². The largest absolute Gasteiger partial charge is 0.349 e. The van der Waals surface area contributed by atoms with Gasteiger partial charge in [0.1, 0.15) is 0 Å². The van der Waals surface area contributed by atoms with Crippen LogP contribution >= 0.6 is 11.3 Å². The van der Waals surface area contributed by atoms with Gasteiger partial charge in [0.05, 0.1) is 6.04 Å². The van der Waals surface area contributed by atoms with Gasteiger partial charge in [-0.3, -0.25) is 4.79 Å². The number of carbonyl (C=O) groups excluding carboxylic acids is 1. The third-order valence-corrected chi connectivity index (χ3v) is 4.24. The first-order valence-electron chi connectivity index (χ1n) is 6.37. The topological polar surface area (TPSA) is 55.1 Å². The van der Waals surface area contributed by atoms with Gasteiger partial charge < -0.3 is 11.1 Å². The average molecular weight is 252 g/mol. The SMILES string of the molecule is NCCCCC(=O)NC1CCCc2sccc21. The van der Waals surface area contributed by atoms with Gasteiger partial charge >= 0.3 is 0 Å². The predicted octanol–water partition coefficient (Wildman–Crippen LogP) is 2.37. The van der Waals surface area contributed by atoms with Crippen LogP contribution in [0.15, 0.2) is 11.4 Å². The zero-order valence-electron chi connectivity index (χ0n) is 10.1. The molecule has 1 aliphatic carbocycles. The summed E-state index contributed by atoms with van der Waals surface area (Å²) in [5.74, 6) is 0.169. The van der Waals surface area contributed by atoms with Gasteiger partial charge in [-0.25, -0.2) is 0 Å². The highest BCUT2D eigenvalue weighted by Crippen LogP contribution is 2.33. The van der Waals surface area contributed by atoms with Gasteiger partial charge in [-0.1, -0.05) is 0 Å². The molecule has 0 saturated heterocycles. The summed E-state index contributed by atoms with van der Waals surface area (Å²) in [5.41, 5.74) is 6.76. The number of thiophene rings is 1. The van der Waals surface area contributed by atoms with E-state index in [4.69, 9.17) is 5.73 Å². The van der Waals surface area contributed by atoms with Crippen LogP contribution in [0.5, 0.6) is 0 Å². The summed E-state index contributed by atoms with van der Waals surface area (Å²) < 4.78 is 0. The van der Waals surface area contributed by atoms with Crippen molar-refractivity contribution in [2.45, 2.75) is 44.6 Å². The van der Waals surface area contributed by atoms with E-state index >= 15 is 0 Å². The Morgan fingerprint density at radius 1 is 1.53 bits per heavy atom. The summed E-state index contributed by atoms with van der Waals surface area (Å²) in [4.78, 5) is 13.2. The third-order valence-electron chi connectivity index (χ3n) is 3.25. The van der Waals surface area contributed by atoms with Crippen LogP contribution in [-0.2, 0) is 11.2 Å². The molecule has 94 valence electrons. The second kappa shape index (κ2) is 6.17. The van der Waals surface area contributed by atoms with Crippen LogP contribution in [0.1, 0.15) is 48.6 Å². The van der Waals surface area contributed by atoms with Crippen molar-refractivity contribution < 1.29 is 4.79 Å². The molecular weight excluding hydrogens is 232 g/mol. The molecule has 3 N–H and O–H groups in total. The molecule has 1 atom stereocenters. The lowest BCUT2D eigenvalue weighted by Gasteiger charge is -2.23. The van der Waals surface area contributed by atoms with Gasteiger partial charge in [0.2, 0.25) is 5.91 Å². The zero-order valence-corrected chi connectivity index (χ0v) is 10.9. The van der Waals surface area contributed by atoms with E-state index in [9.17, 15) is 4.79 Å². The maximum Gasteiger partial charge on any atom is 0.220 e. The van der Waals surface area contributed by atoms with E-state index < -0.39 is 0 Å². The number of hydrogen-bond acceptors (Lipinski definition) is 3. The third kappa shape index (κ3) is 3.30. The van der Waals surface area contributed by atoms with Crippen LogP contribution in [0.4, 0.5) is 0 Å². The van der Waals surface area contributed by atoms with Crippen molar-refractivity contribution in [3.63, 3.8) is 0 Å². The molecule has 1 aromatic heterocycles. The Labute approximate surface area is 106 Å². The van der Waals surface area contributed by atoms with Crippen molar-refractivity contribution in [1.29, 1.82) is 0 Å². The minimum atomic E-state index is 0.169. The second-order valence-electron chi connectivity index (χ2n) is 4.56. The first-order chi connectivity index (χ1) is 8.31. The minimum absolute atomic E-state index is 0.169. The highest BCUT2D eigenvalue weighted by atomic mass is 32.1. The lowest BCUT2D eigenvalue weighted by atomic mass is 9.94. The smallest absolute Gasteiger partial charge is 0.220 e. The first-order valence-corrected chi connectivity index (χ1v) is 7.25. The number of nitrogens with two attached hydrogens (primary N) is 1. The molecule has 2 rings (SSSR count). The fourth-order valence-corrected chi connectivity index (χ4v) is 3.32. The Balaban J connectivity index is 1.86. The molecule has 1 heterocycles. The number of nitrogens with one attached hydrogen (secondary N) is 1. The number of amides is 1. The first kappa shape index (κ1) is 12.6. The Morgan fingerprint density at radius 2 is 2.41 bits per heavy atom. The van der Waals surface area contributed by atoms with Gasteiger partial charge in [-0.15, -0.1) is 11.3 Å². The molecule has 1 aliphatic rings. The summed E-state index contributed by atoms with van der Waals surface area (Å²) in [6.07, 6.45) is 5.86. The van der Waals surface area contributed by atoms with E-state index in [1.807, 2.05) is 11.3 Å². The molecule has 0 bridgehead atoms. The van der Waals surface area contributed by atoms with Gasteiger partial charge in [0.25, 0.3) is 0 Å². The maximum absolute atomic E-state index is 11.8. The Bertz CT molecular complexity index is 375. The van der Waals surface area contributed by atoms with Gasteiger partial charge in [-0.2, -0.15) is 0 Å². The number of hydrogen-bond donors (Lipinski definition) is 2.